The van der Waals surface area contributed by atoms with Crippen LogP contribution in [0.25, 0.3) is 22.3 Å². The Hall–Kier alpha value is -8.51. The molecular weight excluding hydrogens is 1200 g/mol. The molecule has 8 heterocycles. The lowest BCUT2D eigenvalue weighted by Gasteiger charge is -2.53. The SMILES string of the molecule is CC(C)(C)c1cc(C2=C3C=CC4=[N+]3[C@@]35N6C(=C(c7c(NC(=O)C8CC8(C)C)cccc7NC(=O)C7CC7(C)C)c7ccc2n73)C=C[C@@H]6C(c2cc(C(C)(C)C)cc(C(C)(C)C)c2)=c2ccc(n25)=C4c2c(NC(=O)C3CC3(C)C)cccc2NC(=O)C2CC2(C)C)cc(C(C)(C)C)c1. The lowest BCUT2D eigenvalue weighted by atomic mass is 9.78. The molecule has 16 rings (SSSR count). The maximum atomic E-state index is 14.9. The second kappa shape index (κ2) is 19.9. The van der Waals surface area contributed by atoms with Crippen molar-refractivity contribution in [2.45, 2.75) is 198 Å². The number of rotatable bonds is 12. The Kier molecular flexibility index (Phi) is 13.0. The summed E-state index contributed by atoms with van der Waals surface area (Å²) in [7, 11) is 0. The monoisotopic (exact) mass is 1290 g/mol. The molecule has 97 heavy (non-hydrogen) atoms. The zero-order valence-corrected chi connectivity index (χ0v) is 60.7. The molecule has 4 N–H and O–H groups in total. The van der Waals surface area contributed by atoms with E-state index in [1.54, 1.807) is 0 Å². The fourth-order valence-corrected chi connectivity index (χ4v) is 16.9. The van der Waals surface area contributed by atoms with Crippen LogP contribution in [0.15, 0.2) is 133 Å². The number of carbonyl (C=O) groups excluding carboxylic acids is 4. The first-order valence-electron chi connectivity index (χ1n) is 35.6. The zero-order chi connectivity index (χ0) is 69.1. The molecule has 0 saturated heterocycles. The first-order chi connectivity index (χ1) is 45.2. The Morgan fingerprint density at radius 1 is 0.433 bits per heavy atom. The van der Waals surface area contributed by atoms with Crippen LogP contribution in [0, 0.1) is 45.3 Å². The van der Waals surface area contributed by atoms with Gasteiger partial charge in [0.05, 0.1) is 67.7 Å². The molecule has 6 aromatic rings. The number of aromatic nitrogens is 2. The molecule has 500 valence electrons. The van der Waals surface area contributed by atoms with Crippen molar-refractivity contribution in [1.82, 2.24) is 14.0 Å². The van der Waals surface area contributed by atoms with Crippen LogP contribution >= 0.6 is 0 Å². The van der Waals surface area contributed by atoms with E-state index < -0.39 is 5.91 Å². The number of nitrogens with one attached hydrogen (secondary N) is 4. The van der Waals surface area contributed by atoms with Gasteiger partial charge in [-0.05, 0) is 157 Å². The van der Waals surface area contributed by atoms with E-state index >= 15 is 0 Å². The van der Waals surface area contributed by atoms with Gasteiger partial charge in [0.25, 0.3) is 0 Å². The van der Waals surface area contributed by atoms with Crippen molar-refractivity contribution >= 4 is 74.4 Å². The third-order valence-corrected chi connectivity index (χ3v) is 23.9. The molecule has 1 spiro atoms. The minimum atomic E-state index is -1.24. The van der Waals surface area contributed by atoms with Crippen LogP contribution in [0.2, 0.25) is 0 Å². The van der Waals surface area contributed by atoms with Gasteiger partial charge in [0.2, 0.25) is 35.0 Å². The molecule has 4 amide bonds. The summed E-state index contributed by atoms with van der Waals surface area (Å²) in [5, 5.41) is 16.1. The van der Waals surface area contributed by atoms with Gasteiger partial charge in [0, 0.05) is 58.1 Å². The van der Waals surface area contributed by atoms with Crippen LogP contribution in [-0.2, 0) is 46.7 Å². The van der Waals surface area contributed by atoms with Gasteiger partial charge in [-0.1, -0.05) is 193 Å². The third kappa shape index (κ3) is 9.50. The summed E-state index contributed by atoms with van der Waals surface area (Å²) in [6.07, 6.45) is 12.4. The summed E-state index contributed by atoms with van der Waals surface area (Å²) in [5.74, 6) is -2.08. The molecule has 2 aromatic heterocycles. The van der Waals surface area contributed by atoms with Gasteiger partial charge in [-0.3, -0.25) is 24.1 Å². The third-order valence-electron chi connectivity index (χ3n) is 23.9. The lowest BCUT2D eigenvalue weighted by Crippen LogP contribution is -2.74. The van der Waals surface area contributed by atoms with E-state index in [-0.39, 0.29) is 96.7 Å². The van der Waals surface area contributed by atoms with Gasteiger partial charge < -0.3 is 21.3 Å². The Morgan fingerprint density at radius 3 is 1.20 bits per heavy atom. The zero-order valence-electron chi connectivity index (χ0n) is 60.7. The summed E-state index contributed by atoms with van der Waals surface area (Å²) >= 11 is 0. The fraction of sp³-hybridized carbons (Fsp3) is 0.447. The fourth-order valence-electron chi connectivity index (χ4n) is 16.9. The molecule has 12 heteroatoms. The number of hydrogen-bond acceptors (Lipinski definition) is 5. The van der Waals surface area contributed by atoms with Gasteiger partial charge >= 0.3 is 5.91 Å². The van der Waals surface area contributed by atoms with E-state index in [2.05, 4.69) is 263 Å². The average Bonchev–Trinajstić information content (AvgIpc) is 1.39. The number of carbonyl (C=O) groups is 4. The highest BCUT2D eigenvalue weighted by Crippen LogP contribution is 2.61. The Balaban J connectivity index is 1.07. The van der Waals surface area contributed by atoms with Crippen molar-refractivity contribution in [3.8, 4) is 0 Å². The van der Waals surface area contributed by atoms with Gasteiger partial charge in [0.15, 0.2) is 0 Å². The number of benzene rings is 4. The van der Waals surface area contributed by atoms with Crippen LogP contribution in [0.3, 0.4) is 0 Å². The Bertz CT molecular complexity index is 4760. The summed E-state index contributed by atoms with van der Waals surface area (Å²) in [6.45, 7) is 44.9. The molecule has 4 aliphatic carbocycles. The highest BCUT2D eigenvalue weighted by atomic mass is 16.2. The smallest absolute Gasteiger partial charge is 0.325 e. The Morgan fingerprint density at radius 2 is 0.804 bits per heavy atom. The molecule has 4 saturated carbocycles. The molecule has 0 bridgehead atoms. The number of nitrogens with zero attached hydrogens (tertiary/aromatic N) is 4. The average molecular weight is 1290 g/mol. The van der Waals surface area contributed by atoms with Crippen LogP contribution < -0.4 is 32.0 Å². The van der Waals surface area contributed by atoms with E-state index in [1.807, 2.05) is 36.4 Å². The molecular formula is C85H97N8O4+. The van der Waals surface area contributed by atoms with E-state index in [0.717, 1.165) is 109 Å². The summed E-state index contributed by atoms with van der Waals surface area (Å²) in [4.78, 5) is 62.2. The minimum absolute atomic E-state index is 0.0359. The van der Waals surface area contributed by atoms with Crippen molar-refractivity contribution in [2.75, 3.05) is 21.3 Å². The highest BCUT2D eigenvalue weighted by Gasteiger charge is 2.69. The highest BCUT2D eigenvalue weighted by molar-refractivity contribution is 6.31. The predicted molar refractivity (Wildman–Crippen MR) is 390 cm³/mol. The van der Waals surface area contributed by atoms with Crippen LogP contribution in [0.4, 0.5) is 22.7 Å². The number of anilines is 4. The second-order valence-electron chi connectivity index (χ2n) is 37.0. The van der Waals surface area contributed by atoms with E-state index in [9.17, 15) is 19.2 Å². The molecule has 4 unspecified atom stereocenters. The van der Waals surface area contributed by atoms with Crippen molar-refractivity contribution in [3.05, 3.63) is 199 Å². The van der Waals surface area contributed by atoms with Crippen molar-refractivity contribution in [2.24, 2.45) is 45.3 Å². The molecule has 6 aliphatic heterocycles. The quantitative estimate of drug-likeness (QED) is 0.0906. The normalized spacial score (nSPS) is 24.9. The minimum Gasteiger partial charge on any atom is -0.325 e. The Labute approximate surface area is 572 Å². The predicted octanol–water partition coefficient (Wildman–Crippen LogP) is 15.8. The number of amides is 4. The second-order valence-corrected chi connectivity index (χ2v) is 37.0. The molecule has 4 fully saturated rings. The van der Waals surface area contributed by atoms with Crippen molar-refractivity contribution in [3.63, 3.8) is 0 Å². The van der Waals surface area contributed by atoms with E-state index in [0.29, 0.717) is 22.7 Å². The van der Waals surface area contributed by atoms with Gasteiger partial charge in [-0.25, -0.2) is 9.13 Å². The molecule has 6 atom stereocenters. The number of allylic oxidation sites excluding steroid dienone is 3. The van der Waals surface area contributed by atoms with Gasteiger partial charge in [0.1, 0.15) is 0 Å². The van der Waals surface area contributed by atoms with Crippen molar-refractivity contribution < 1.29 is 23.8 Å². The summed E-state index contributed by atoms with van der Waals surface area (Å²) in [6, 6.07) is 35.3. The maximum Gasteiger partial charge on any atom is 0.426 e. The van der Waals surface area contributed by atoms with Gasteiger partial charge in [-0.15, -0.1) is 4.58 Å². The molecule has 12 nitrogen and oxygen atoms in total. The van der Waals surface area contributed by atoms with Gasteiger partial charge in [-0.2, -0.15) is 0 Å². The van der Waals surface area contributed by atoms with E-state index in [1.165, 1.54) is 22.3 Å². The van der Waals surface area contributed by atoms with Crippen LogP contribution in [0.5, 0.6) is 0 Å². The van der Waals surface area contributed by atoms with Crippen LogP contribution in [-0.4, -0.2) is 54.0 Å². The largest absolute Gasteiger partial charge is 0.426 e. The van der Waals surface area contributed by atoms with E-state index in [4.69, 9.17) is 0 Å². The number of hydrogen-bond donors (Lipinski definition) is 4. The summed E-state index contributed by atoms with van der Waals surface area (Å²) in [5.41, 5.74) is 18.4. The standard InChI is InChI=1S/C85H96N8O4/c1-77(2,3)47-35-45(36-48(39-47)78(4,5)6)67-59-27-31-63-71(69-55(86-73(94)51-41-81(51,13)14)23-21-24-56(69)87-74(95)52-42-82(52,15)16)65-33-29-61-68(46-37-49(79(7,8)9)40-50(38-46)80(10,11)12)62-30-34-66-72(64-32-28-60(67)91(64)85(90(59)63,92(61)65)93(62)66)70-57(88-75(96)53-43-83(53,17)18)25-22-26-58(70)89-76(97)54-44-84(54,19)20/h21-40,51-54,59H,41-44H2,1-20H3,(H3-,86,87,88,89,94,95,96,97)/p+1/t51?,52?,53?,54?,59-,85-/m1/s1. The summed E-state index contributed by atoms with van der Waals surface area (Å²) < 4.78 is 7.76. The maximum absolute atomic E-state index is 14.9. The molecule has 4 aromatic carbocycles. The van der Waals surface area contributed by atoms with Crippen LogP contribution in [0.1, 0.15) is 220 Å². The van der Waals surface area contributed by atoms with Crippen molar-refractivity contribution in [1.29, 1.82) is 0 Å². The lowest BCUT2D eigenvalue weighted by molar-refractivity contribution is -0.638. The molecule has 0 radical (unpaired) electrons. The topological polar surface area (TPSA) is 133 Å². The molecule has 10 aliphatic rings. The first kappa shape index (κ1) is 63.2. The first-order valence-corrected chi connectivity index (χ1v) is 35.6.